The maximum Gasteiger partial charge on any atom is 0.415 e. The minimum absolute atomic E-state index is 0.0434. The van der Waals surface area contributed by atoms with Crippen LogP contribution >= 0.6 is 0 Å². The predicted molar refractivity (Wildman–Crippen MR) is 153 cm³/mol. The maximum atomic E-state index is 13.0. The van der Waals surface area contributed by atoms with Crippen molar-refractivity contribution in [3.63, 3.8) is 0 Å². The molecule has 0 saturated carbocycles. The zero-order valence-electron chi connectivity index (χ0n) is 24.2. The number of amides is 1. The van der Waals surface area contributed by atoms with E-state index in [1.54, 1.807) is 31.4 Å². The summed E-state index contributed by atoms with van der Waals surface area (Å²) in [5.41, 5.74) is 1.32. The van der Waals surface area contributed by atoms with Crippen molar-refractivity contribution in [1.82, 2.24) is 4.90 Å². The van der Waals surface area contributed by atoms with Gasteiger partial charge in [0.1, 0.15) is 19.0 Å². The van der Waals surface area contributed by atoms with Crippen LogP contribution in [-0.4, -0.2) is 62.4 Å². The molecule has 1 amide bonds. The number of carbonyl (C=O) groups is 2. The fraction of sp³-hybridized carbons (Fsp3) is 0.464. The Bertz CT molecular complexity index is 1240. The van der Waals surface area contributed by atoms with Gasteiger partial charge in [0, 0.05) is 18.6 Å². The lowest BCUT2D eigenvalue weighted by Gasteiger charge is -2.38. The lowest BCUT2D eigenvalue weighted by Crippen LogP contribution is -2.44. The van der Waals surface area contributed by atoms with Crippen LogP contribution in [0.1, 0.15) is 38.3 Å². The summed E-state index contributed by atoms with van der Waals surface area (Å²) in [6.07, 6.45) is -0.707. The number of amidine groups is 1. The number of nitro benzene ring substituents is 1. The van der Waals surface area contributed by atoms with E-state index >= 15 is 0 Å². The van der Waals surface area contributed by atoms with Crippen molar-refractivity contribution in [3.8, 4) is 5.75 Å². The zero-order valence-corrected chi connectivity index (χ0v) is 25.2. The van der Waals surface area contributed by atoms with Gasteiger partial charge in [-0.25, -0.2) is 9.59 Å². The number of hydrogen-bond donors (Lipinski definition) is 0. The molecule has 2 aromatic rings. The third-order valence-electron chi connectivity index (χ3n) is 7.02. The molecular formula is C28H37N3O9Si. The number of nitrogens with zero attached hydrogens (tertiary/aromatic N) is 3. The largest absolute Gasteiger partial charge is 0.497 e. The molecule has 0 N–H and O–H groups in total. The van der Waals surface area contributed by atoms with Crippen LogP contribution in [0, 0.1) is 10.1 Å². The second kappa shape index (κ2) is 13.6. The highest BCUT2D eigenvalue weighted by Gasteiger charge is 2.43. The van der Waals surface area contributed by atoms with E-state index in [9.17, 15) is 19.7 Å². The average Bonchev–Trinajstić information content (AvgIpc) is 3.32. The molecule has 1 aliphatic heterocycles. The first-order valence-corrected chi connectivity index (χ1v) is 16.0. The molecule has 222 valence electrons. The van der Waals surface area contributed by atoms with Crippen LogP contribution in [0.25, 0.3) is 0 Å². The molecule has 0 unspecified atom stereocenters. The van der Waals surface area contributed by atoms with Gasteiger partial charge in [-0.1, -0.05) is 38.1 Å². The third kappa shape index (κ3) is 9.01. The lowest BCUT2D eigenvalue weighted by atomic mass is 10.2. The van der Waals surface area contributed by atoms with Crippen LogP contribution in [0.15, 0.2) is 53.7 Å². The predicted octanol–water partition coefficient (Wildman–Crippen LogP) is 5.41. The molecule has 0 spiro atoms. The van der Waals surface area contributed by atoms with Gasteiger partial charge in [0.05, 0.1) is 24.7 Å². The van der Waals surface area contributed by atoms with E-state index in [0.29, 0.717) is 17.7 Å². The van der Waals surface area contributed by atoms with Gasteiger partial charge in [0.2, 0.25) is 6.61 Å². The Morgan fingerprint density at radius 2 is 1.61 bits per heavy atom. The second-order valence-corrected chi connectivity index (χ2v) is 15.8. The van der Waals surface area contributed by atoms with Gasteiger partial charge >= 0.3 is 12.1 Å². The molecule has 1 aliphatic rings. The van der Waals surface area contributed by atoms with Crippen LogP contribution in [0.5, 0.6) is 5.75 Å². The third-order valence-corrected chi connectivity index (χ3v) is 11.6. The van der Waals surface area contributed by atoms with Gasteiger partial charge in [0.15, 0.2) is 14.2 Å². The lowest BCUT2D eigenvalue weighted by molar-refractivity contribution is -0.384. The van der Waals surface area contributed by atoms with Crippen molar-refractivity contribution in [2.24, 2.45) is 5.16 Å². The fourth-order valence-electron chi connectivity index (χ4n) is 3.65. The molecule has 1 saturated heterocycles. The number of likely N-dealkylation sites (tertiary alicyclic amines) is 1. The first-order valence-electron chi connectivity index (χ1n) is 13.1. The minimum Gasteiger partial charge on any atom is -0.497 e. The van der Waals surface area contributed by atoms with Crippen molar-refractivity contribution in [2.75, 3.05) is 20.3 Å². The highest BCUT2D eigenvalue weighted by molar-refractivity contribution is 6.74. The molecule has 2 aromatic carbocycles. The van der Waals surface area contributed by atoms with Crippen molar-refractivity contribution in [2.45, 2.75) is 64.6 Å². The number of carbonyl (C=O) groups excluding carboxylic acids is 2. The molecule has 1 heterocycles. The number of benzene rings is 2. The molecular weight excluding hydrogens is 550 g/mol. The topological polar surface area (TPSA) is 139 Å². The number of hydrogen-bond acceptors (Lipinski definition) is 10. The summed E-state index contributed by atoms with van der Waals surface area (Å²) in [7, 11) is -0.590. The molecule has 0 bridgehead atoms. The molecule has 12 nitrogen and oxygen atoms in total. The Morgan fingerprint density at radius 3 is 2.17 bits per heavy atom. The Morgan fingerprint density at radius 1 is 1.02 bits per heavy atom. The van der Waals surface area contributed by atoms with Crippen LogP contribution in [0.2, 0.25) is 18.1 Å². The molecule has 3 rings (SSSR count). The highest BCUT2D eigenvalue weighted by atomic mass is 28.4. The summed E-state index contributed by atoms with van der Waals surface area (Å²) in [5, 5.41) is 14.9. The summed E-state index contributed by atoms with van der Waals surface area (Å²) >= 11 is 0. The van der Waals surface area contributed by atoms with Gasteiger partial charge in [-0.2, -0.15) is 0 Å². The van der Waals surface area contributed by atoms with Gasteiger partial charge in [-0.15, -0.1) is 0 Å². The molecule has 1 fully saturated rings. The Kier molecular flexibility index (Phi) is 10.5. The Hall–Kier alpha value is -3.97. The second-order valence-electron chi connectivity index (χ2n) is 11.1. The summed E-state index contributed by atoms with van der Waals surface area (Å²) in [6.45, 7) is 10.3. The molecule has 0 radical (unpaired) electrons. The van der Waals surface area contributed by atoms with Crippen molar-refractivity contribution >= 4 is 31.9 Å². The number of nitro groups is 1. The molecule has 41 heavy (non-hydrogen) atoms. The van der Waals surface area contributed by atoms with Gasteiger partial charge in [-0.05, 0) is 53.5 Å². The van der Waals surface area contributed by atoms with Gasteiger partial charge in [0.25, 0.3) is 5.69 Å². The van der Waals surface area contributed by atoms with Crippen LogP contribution in [0.3, 0.4) is 0 Å². The summed E-state index contributed by atoms with van der Waals surface area (Å²) in [4.78, 5) is 42.2. The summed E-state index contributed by atoms with van der Waals surface area (Å²) in [5.74, 6) is 0.345. The number of oxime groups is 1. The van der Waals surface area contributed by atoms with Crippen LogP contribution in [0.4, 0.5) is 10.5 Å². The van der Waals surface area contributed by atoms with Gasteiger partial charge < -0.3 is 23.5 Å². The Labute approximate surface area is 240 Å². The average molecular weight is 588 g/mol. The monoisotopic (exact) mass is 587 g/mol. The molecule has 13 heteroatoms. The number of methoxy groups -OCH3 is 1. The minimum atomic E-state index is -2.16. The van der Waals surface area contributed by atoms with Crippen molar-refractivity contribution < 1.29 is 38.0 Å². The number of esters is 1. The summed E-state index contributed by atoms with van der Waals surface area (Å²) < 4.78 is 22.3. The normalized spacial score (nSPS) is 16.4. The van der Waals surface area contributed by atoms with Crippen molar-refractivity contribution in [3.05, 3.63) is 69.8 Å². The smallest absolute Gasteiger partial charge is 0.415 e. The van der Waals surface area contributed by atoms with E-state index in [2.05, 4.69) is 39.0 Å². The highest BCUT2D eigenvalue weighted by Crippen LogP contribution is 2.38. The zero-order chi connectivity index (χ0) is 30.2. The van der Waals surface area contributed by atoms with E-state index < -0.39 is 31.9 Å². The van der Waals surface area contributed by atoms with E-state index in [4.69, 9.17) is 23.5 Å². The van der Waals surface area contributed by atoms with E-state index in [-0.39, 0.29) is 42.4 Å². The number of rotatable bonds is 11. The quantitative estimate of drug-likeness (QED) is 0.146. The van der Waals surface area contributed by atoms with Crippen molar-refractivity contribution in [1.29, 1.82) is 0 Å². The SMILES string of the molecule is COc1ccc(COC(=O)CON=C2C[C@@H](O[Si](C)(C)C(C)(C)C)CN2C(=O)OCc2ccc([N+](=O)[O-])cc2)cc1. The molecule has 1 atom stereocenters. The number of ether oxygens (including phenoxy) is 3. The Balaban J connectivity index is 1.62. The summed E-state index contributed by atoms with van der Waals surface area (Å²) in [6, 6.07) is 12.8. The first kappa shape index (κ1) is 31.6. The fourth-order valence-corrected chi connectivity index (χ4v) is 4.99. The molecule has 0 aromatic heterocycles. The number of non-ortho nitro benzene ring substituents is 1. The van der Waals surface area contributed by atoms with Gasteiger partial charge in [-0.3, -0.25) is 15.0 Å². The van der Waals surface area contributed by atoms with Crippen LogP contribution < -0.4 is 4.74 Å². The standard InChI is InChI=1S/C28H37N3O9Si/c1-28(2,3)41(5,6)40-24-15-25(29-39-19-26(32)37-17-21-9-13-23(36-4)14-10-21)30(16-24)27(33)38-18-20-7-11-22(12-8-20)31(34)35/h7-14,24H,15-19H2,1-6H3/t24-/m1/s1. The van der Waals surface area contributed by atoms with E-state index in [1.165, 1.54) is 29.2 Å². The van der Waals surface area contributed by atoms with Crippen LogP contribution in [-0.2, 0) is 36.7 Å². The maximum absolute atomic E-state index is 13.0. The first-order chi connectivity index (χ1) is 19.3. The van der Waals surface area contributed by atoms with E-state index in [1.807, 2.05) is 0 Å². The van der Waals surface area contributed by atoms with E-state index in [0.717, 1.165) is 5.56 Å². The molecule has 0 aliphatic carbocycles.